The fourth-order valence-electron chi connectivity index (χ4n) is 3.48. The zero-order valence-corrected chi connectivity index (χ0v) is 16.5. The van der Waals surface area contributed by atoms with Crippen molar-refractivity contribution < 1.29 is 26.7 Å². The first kappa shape index (κ1) is 20.5. The Hall–Kier alpha value is -2.75. The SMILES string of the molecule is Cc1ccc(C(F)(F)F)c(C(=O)N2CC[C@@H](Nc3nc4cc(F)c(F)cc4s3)C2)c1. The third-order valence-electron chi connectivity index (χ3n) is 4.94. The first-order valence-corrected chi connectivity index (χ1v) is 9.92. The summed E-state index contributed by atoms with van der Waals surface area (Å²) in [6.07, 6.45) is -4.11. The summed E-state index contributed by atoms with van der Waals surface area (Å²) in [6, 6.07) is 5.34. The summed E-state index contributed by atoms with van der Waals surface area (Å²) in [6.45, 7) is 2.11. The van der Waals surface area contributed by atoms with E-state index in [1.807, 2.05) is 0 Å². The predicted molar refractivity (Wildman–Crippen MR) is 104 cm³/mol. The molecule has 1 N–H and O–H groups in total. The molecule has 1 aliphatic heterocycles. The van der Waals surface area contributed by atoms with E-state index in [4.69, 9.17) is 0 Å². The molecule has 1 atom stereocenters. The van der Waals surface area contributed by atoms with E-state index in [1.165, 1.54) is 17.0 Å². The third-order valence-corrected chi connectivity index (χ3v) is 5.89. The highest BCUT2D eigenvalue weighted by atomic mass is 32.1. The molecule has 158 valence electrons. The summed E-state index contributed by atoms with van der Waals surface area (Å²) < 4.78 is 67.1. The lowest BCUT2D eigenvalue weighted by Gasteiger charge is -2.20. The van der Waals surface area contributed by atoms with Crippen LogP contribution in [0.1, 0.15) is 27.9 Å². The molecule has 3 aromatic rings. The van der Waals surface area contributed by atoms with Crippen LogP contribution >= 0.6 is 11.3 Å². The minimum atomic E-state index is -4.62. The molecule has 0 aliphatic carbocycles. The lowest BCUT2D eigenvalue weighted by Crippen LogP contribution is -2.33. The fourth-order valence-corrected chi connectivity index (χ4v) is 4.42. The molecule has 0 spiro atoms. The second-order valence-corrected chi connectivity index (χ2v) is 8.21. The zero-order chi connectivity index (χ0) is 21.6. The van der Waals surface area contributed by atoms with Gasteiger partial charge in [-0.2, -0.15) is 13.2 Å². The number of nitrogens with one attached hydrogen (secondary N) is 1. The number of thiazole rings is 1. The first-order valence-electron chi connectivity index (χ1n) is 9.11. The van der Waals surface area contributed by atoms with Crippen molar-refractivity contribution in [3.63, 3.8) is 0 Å². The number of hydrogen-bond acceptors (Lipinski definition) is 4. The lowest BCUT2D eigenvalue weighted by molar-refractivity contribution is -0.138. The van der Waals surface area contributed by atoms with Crippen LogP contribution in [0.15, 0.2) is 30.3 Å². The Kier molecular flexibility index (Phi) is 5.13. The van der Waals surface area contributed by atoms with Crippen LogP contribution in [-0.2, 0) is 6.18 Å². The van der Waals surface area contributed by atoms with Gasteiger partial charge in [0.25, 0.3) is 5.91 Å². The highest BCUT2D eigenvalue weighted by Crippen LogP contribution is 2.34. The van der Waals surface area contributed by atoms with Crippen molar-refractivity contribution in [1.29, 1.82) is 0 Å². The van der Waals surface area contributed by atoms with E-state index in [2.05, 4.69) is 10.3 Å². The van der Waals surface area contributed by atoms with Crippen molar-refractivity contribution in [3.8, 4) is 0 Å². The molecule has 0 bridgehead atoms. The van der Waals surface area contributed by atoms with Gasteiger partial charge in [0, 0.05) is 25.2 Å². The third kappa shape index (κ3) is 3.96. The van der Waals surface area contributed by atoms with Crippen molar-refractivity contribution in [2.75, 3.05) is 18.4 Å². The summed E-state index contributed by atoms with van der Waals surface area (Å²) in [5.74, 6) is -2.63. The van der Waals surface area contributed by atoms with E-state index in [9.17, 15) is 26.7 Å². The molecule has 10 heteroatoms. The van der Waals surface area contributed by atoms with Crippen LogP contribution in [0.5, 0.6) is 0 Å². The van der Waals surface area contributed by atoms with Gasteiger partial charge in [0.1, 0.15) is 0 Å². The number of alkyl halides is 3. The Morgan fingerprint density at radius 1 is 1.20 bits per heavy atom. The van der Waals surface area contributed by atoms with Crippen molar-refractivity contribution in [1.82, 2.24) is 9.88 Å². The zero-order valence-electron chi connectivity index (χ0n) is 15.7. The molecule has 4 rings (SSSR count). The smallest absolute Gasteiger partial charge is 0.357 e. The van der Waals surface area contributed by atoms with E-state index in [1.54, 1.807) is 6.92 Å². The largest absolute Gasteiger partial charge is 0.417 e. The highest BCUT2D eigenvalue weighted by Gasteiger charge is 2.37. The second kappa shape index (κ2) is 7.50. The summed E-state index contributed by atoms with van der Waals surface area (Å²) in [7, 11) is 0. The van der Waals surface area contributed by atoms with Gasteiger partial charge in [-0.1, -0.05) is 23.0 Å². The normalized spacial score (nSPS) is 17.0. The number of carbonyl (C=O) groups excluding carboxylic acids is 1. The molecule has 1 saturated heterocycles. The summed E-state index contributed by atoms with van der Waals surface area (Å²) in [5.41, 5.74) is -0.449. The number of rotatable bonds is 3. The molecule has 0 radical (unpaired) electrons. The summed E-state index contributed by atoms with van der Waals surface area (Å²) in [5, 5.41) is 3.54. The van der Waals surface area contributed by atoms with Gasteiger partial charge >= 0.3 is 6.18 Å². The standard InChI is InChI=1S/C20H16F5N3OS/c1-10-2-3-13(20(23,24)25)12(6-10)18(29)28-5-4-11(9-28)26-19-27-16-7-14(21)15(22)8-17(16)30-19/h2-3,6-8,11H,4-5,9H2,1H3,(H,26,27)/t11-/m1/s1. The molecule has 1 amide bonds. The van der Waals surface area contributed by atoms with Gasteiger partial charge < -0.3 is 10.2 Å². The maximum atomic E-state index is 13.4. The van der Waals surface area contributed by atoms with Gasteiger partial charge in [0.05, 0.1) is 21.3 Å². The molecule has 1 fully saturated rings. The monoisotopic (exact) mass is 441 g/mol. The average Bonchev–Trinajstić information content (AvgIpc) is 3.27. The number of halogens is 5. The van der Waals surface area contributed by atoms with Crippen LogP contribution < -0.4 is 5.32 Å². The fraction of sp³-hybridized carbons (Fsp3) is 0.300. The Morgan fingerprint density at radius 3 is 2.67 bits per heavy atom. The van der Waals surface area contributed by atoms with Crippen molar-refractivity contribution in [2.24, 2.45) is 0 Å². The number of aromatic nitrogens is 1. The summed E-state index contributed by atoms with van der Waals surface area (Å²) >= 11 is 1.14. The van der Waals surface area contributed by atoms with Gasteiger partial charge in [-0.25, -0.2) is 13.8 Å². The molecule has 1 aliphatic rings. The van der Waals surface area contributed by atoms with Crippen molar-refractivity contribution in [2.45, 2.75) is 25.6 Å². The molecular weight excluding hydrogens is 425 g/mol. The molecule has 2 heterocycles. The highest BCUT2D eigenvalue weighted by molar-refractivity contribution is 7.22. The number of benzene rings is 2. The van der Waals surface area contributed by atoms with Gasteiger partial charge in [-0.3, -0.25) is 4.79 Å². The van der Waals surface area contributed by atoms with Crippen LogP contribution in [0.3, 0.4) is 0 Å². The van der Waals surface area contributed by atoms with E-state index in [-0.39, 0.29) is 24.7 Å². The van der Waals surface area contributed by atoms with Gasteiger partial charge in [-0.15, -0.1) is 0 Å². The van der Waals surface area contributed by atoms with Gasteiger partial charge in [0.15, 0.2) is 16.8 Å². The number of aryl methyl sites for hydroxylation is 1. The number of anilines is 1. The van der Waals surface area contributed by atoms with Crippen LogP contribution in [0.25, 0.3) is 10.2 Å². The van der Waals surface area contributed by atoms with Crippen LogP contribution in [-0.4, -0.2) is 34.9 Å². The van der Waals surface area contributed by atoms with E-state index in [0.717, 1.165) is 29.5 Å². The number of fused-ring (bicyclic) bond motifs is 1. The van der Waals surface area contributed by atoms with E-state index >= 15 is 0 Å². The molecule has 1 aromatic heterocycles. The Labute approximate surface area is 172 Å². The van der Waals surface area contributed by atoms with Crippen LogP contribution in [0, 0.1) is 18.6 Å². The van der Waals surface area contributed by atoms with E-state index < -0.39 is 29.3 Å². The quantitative estimate of drug-likeness (QED) is 0.567. The Balaban J connectivity index is 1.50. The predicted octanol–water partition coefficient (Wildman–Crippen LogP) is 5.23. The number of amides is 1. The molecule has 2 aromatic carbocycles. The number of carbonyl (C=O) groups is 1. The van der Waals surface area contributed by atoms with Crippen molar-refractivity contribution >= 4 is 32.6 Å². The maximum Gasteiger partial charge on any atom is 0.417 e. The topological polar surface area (TPSA) is 45.2 Å². The molecule has 0 saturated carbocycles. The lowest BCUT2D eigenvalue weighted by atomic mass is 10.0. The van der Waals surface area contributed by atoms with Crippen LogP contribution in [0.4, 0.5) is 27.1 Å². The number of nitrogens with zero attached hydrogens (tertiary/aromatic N) is 2. The molecule has 0 unspecified atom stereocenters. The maximum absolute atomic E-state index is 13.4. The van der Waals surface area contributed by atoms with Gasteiger partial charge in [-0.05, 0) is 31.5 Å². The molecular formula is C20H16F5N3OS. The van der Waals surface area contributed by atoms with Crippen molar-refractivity contribution in [3.05, 3.63) is 58.7 Å². The first-order chi connectivity index (χ1) is 14.1. The van der Waals surface area contributed by atoms with Gasteiger partial charge in [0.2, 0.25) is 0 Å². The number of likely N-dealkylation sites (tertiary alicyclic amines) is 1. The molecule has 30 heavy (non-hydrogen) atoms. The Morgan fingerprint density at radius 2 is 1.93 bits per heavy atom. The molecule has 4 nitrogen and oxygen atoms in total. The minimum Gasteiger partial charge on any atom is -0.357 e. The second-order valence-electron chi connectivity index (χ2n) is 7.18. The number of hydrogen-bond donors (Lipinski definition) is 1. The minimum absolute atomic E-state index is 0.197. The van der Waals surface area contributed by atoms with E-state index in [0.29, 0.717) is 27.3 Å². The average molecular weight is 441 g/mol. The summed E-state index contributed by atoms with van der Waals surface area (Å²) in [4.78, 5) is 18.4. The van der Waals surface area contributed by atoms with Crippen LogP contribution in [0.2, 0.25) is 0 Å². The Bertz CT molecular complexity index is 1090.